The summed E-state index contributed by atoms with van der Waals surface area (Å²) in [4.78, 5) is 28.0. The maximum atomic E-state index is 13.0. The lowest BCUT2D eigenvalue weighted by Crippen LogP contribution is -2.47. The summed E-state index contributed by atoms with van der Waals surface area (Å²) in [5, 5.41) is 1.85. The molecule has 0 radical (unpaired) electrons. The van der Waals surface area contributed by atoms with Gasteiger partial charge in [0, 0.05) is 18.0 Å². The first-order valence-corrected chi connectivity index (χ1v) is 13.3. The Labute approximate surface area is 198 Å². The highest BCUT2D eigenvalue weighted by atomic mass is 32.2. The van der Waals surface area contributed by atoms with Crippen molar-refractivity contribution in [3.63, 3.8) is 0 Å². The number of piperidine rings is 1. The van der Waals surface area contributed by atoms with E-state index in [-0.39, 0.29) is 10.8 Å². The molecule has 2 amide bonds. The van der Waals surface area contributed by atoms with E-state index >= 15 is 0 Å². The lowest BCUT2D eigenvalue weighted by atomic mass is 9.99. The van der Waals surface area contributed by atoms with Crippen LogP contribution in [0.1, 0.15) is 26.7 Å². The Morgan fingerprint density at radius 3 is 2.67 bits per heavy atom. The molecule has 2 aromatic carbocycles. The average molecular weight is 490 g/mol. The van der Waals surface area contributed by atoms with Gasteiger partial charge >= 0.3 is 0 Å². The number of carbonyl (C=O) groups is 2. The van der Waals surface area contributed by atoms with E-state index in [2.05, 4.69) is 17.0 Å². The summed E-state index contributed by atoms with van der Waals surface area (Å²) >= 11 is 1.16. The second-order valence-electron chi connectivity index (χ2n) is 8.19. The van der Waals surface area contributed by atoms with Crippen LogP contribution < -0.4 is 14.8 Å². The molecule has 0 aliphatic carbocycles. The Morgan fingerprint density at radius 1 is 1.21 bits per heavy atom. The van der Waals surface area contributed by atoms with Gasteiger partial charge in [0.15, 0.2) is 5.25 Å². The van der Waals surface area contributed by atoms with E-state index in [0.717, 1.165) is 24.6 Å². The minimum Gasteiger partial charge on any atom is -0.492 e. The zero-order chi connectivity index (χ0) is 23.6. The number of hydrogen-bond donors (Lipinski definition) is 2. The quantitative estimate of drug-likeness (QED) is 0.601. The third-order valence-corrected chi connectivity index (χ3v) is 8.38. The Morgan fingerprint density at radius 2 is 1.94 bits per heavy atom. The molecule has 0 aromatic heterocycles. The summed E-state index contributed by atoms with van der Waals surface area (Å²) < 4.78 is 34.0. The Kier molecular flexibility index (Phi) is 6.85. The number of amides is 2. The largest absolute Gasteiger partial charge is 0.492 e. The highest BCUT2D eigenvalue weighted by Gasteiger charge is 2.37. The van der Waals surface area contributed by atoms with Gasteiger partial charge in [-0.1, -0.05) is 19.1 Å². The lowest BCUT2D eigenvalue weighted by molar-refractivity contribution is -0.135. The first-order chi connectivity index (χ1) is 15.8. The molecule has 2 aromatic rings. The predicted octanol–water partition coefficient (Wildman–Crippen LogP) is 3.56. The zero-order valence-corrected chi connectivity index (χ0v) is 20.2. The summed E-state index contributed by atoms with van der Waals surface area (Å²) in [5.41, 5.74) is 0.708. The van der Waals surface area contributed by atoms with Crippen LogP contribution >= 0.6 is 11.8 Å². The predicted molar refractivity (Wildman–Crippen MR) is 128 cm³/mol. The molecule has 1 atom stereocenters. The summed E-state index contributed by atoms with van der Waals surface area (Å²) in [6, 6.07) is 11.3. The van der Waals surface area contributed by atoms with Crippen molar-refractivity contribution in [2.45, 2.75) is 41.7 Å². The fourth-order valence-electron chi connectivity index (χ4n) is 3.85. The molecular formula is C23H27N3O5S2. The molecule has 2 aliphatic rings. The number of para-hydroxylation sites is 2. The number of ether oxygens (including phenoxy) is 1. The molecule has 0 unspecified atom stereocenters. The Balaban J connectivity index is 1.52. The molecular weight excluding hydrogens is 462 g/mol. The van der Waals surface area contributed by atoms with E-state index in [0.29, 0.717) is 47.6 Å². The smallest absolute Gasteiger partial charge is 0.262 e. The van der Waals surface area contributed by atoms with Crippen LogP contribution in [0.5, 0.6) is 5.75 Å². The van der Waals surface area contributed by atoms with Crippen LogP contribution in [0.3, 0.4) is 0 Å². The SMILES string of the molecule is CCOc1ccccc1NS(=O)(=O)c1ccc2c(c1)NC(=O)[C@@H](C(=O)N1CCC(C)CC1)S2. The molecule has 4 rings (SSSR count). The molecule has 1 fully saturated rings. The van der Waals surface area contributed by atoms with E-state index in [9.17, 15) is 18.0 Å². The number of anilines is 2. The number of sulfonamides is 1. The van der Waals surface area contributed by atoms with Gasteiger partial charge in [0.05, 0.1) is 22.9 Å². The van der Waals surface area contributed by atoms with Gasteiger partial charge in [-0.05, 0) is 56.0 Å². The van der Waals surface area contributed by atoms with Gasteiger partial charge in [-0.2, -0.15) is 0 Å². The van der Waals surface area contributed by atoms with Gasteiger partial charge < -0.3 is 15.0 Å². The minimum absolute atomic E-state index is 0.00301. The van der Waals surface area contributed by atoms with Crippen LogP contribution in [0.2, 0.25) is 0 Å². The van der Waals surface area contributed by atoms with E-state index < -0.39 is 21.2 Å². The van der Waals surface area contributed by atoms with Gasteiger partial charge in [0.25, 0.3) is 10.0 Å². The molecule has 0 saturated carbocycles. The molecule has 0 spiro atoms. The highest BCUT2D eigenvalue weighted by Crippen LogP contribution is 2.38. The molecule has 1 saturated heterocycles. The molecule has 2 N–H and O–H groups in total. The van der Waals surface area contributed by atoms with Gasteiger partial charge in [-0.25, -0.2) is 8.42 Å². The Hall–Kier alpha value is -2.72. The lowest BCUT2D eigenvalue weighted by Gasteiger charge is -2.33. The van der Waals surface area contributed by atoms with Gasteiger partial charge in [-0.15, -0.1) is 11.8 Å². The van der Waals surface area contributed by atoms with Crippen molar-refractivity contribution in [1.29, 1.82) is 0 Å². The standard InChI is InChI=1S/C23H27N3O5S2/c1-3-31-19-7-5-4-6-17(19)25-33(29,30)16-8-9-20-18(14-16)24-22(27)21(32-20)23(28)26-12-10-15(2)11-13-26/h4-9,14-15,21,25H,3,10-13H2,1-2H3,(H,24,27)/t21-/m0/s1. The number of hydrogen-bond acceptors (Lipinski definition) is 6. The molecule has 0 bridgehead atoms. The van der Waals surface area contributed by atoms with E-state index in [1.165, 1.54) is 12.1 Å². The second kappa shape index (κ2) is 9.64. The first-order valence-electron chi connectivity index (χ1n) is 10.9. The zero-order valence-electron chi connectivity index (χ0n) is 18.5. The summed E-state index contributed by atoms with van der Waals surface area (Å²) in [7, 11) is -3.92. The van der Waals surface area contributed by atoms with Crippen LogP contribution in [0.4, 0.5) is 11.4 Å². The number of nitrogens with one attached hydrogen (secondary N) is 2. The molecule has 33 heavy (non-hydrogen) atoms. The van der Waals surface area contributed by atoms with Crippen molar-refractivity contribution < 1.29 is 22.7 Å². The molecule has 2 heterocycles. The maximum Gasteiger partial charge on any atom is 0.262 e. The van der Waals surface area contributed by atoms with Crippen LogP contribution in [0, 0.1) is 5.92 Å². The third kappa shape index (κ3) is 5.11. The van der Waals surface area contributed by atoms with Crippen molar-refractivity contribution in [1.82, 2.24) is 4.90 Å². The number of carbonyl (C=O) groups excluding carboxylic acids is 2. The van der Waals surface area contributed by atoms with Crippen molar-refractivity contribution in [2.75, 3.05) is 29.7 Å². The fourth-order valence-corrected chi connectivity index (χ4v) is 6.00. The Bertz CT molecular complexity index is 1160. The number of likely N-dealkylation sites (tertiary alicyclic amines) is 1. The van der Waals surface area contributed by atoms with Crippen molar-refractivity contribution >= 4 is 45.0 Å². The number of rotatable bonds is 6. The third-order valence-electron chi connectivity index (χ3n) is 5.75. The molecule has 10 heteroatoms. The first kappa shape index (κ1) is 23.4. The number of thioether (sulfide) groups is 1. The monoisotopic (exact) mass is 489 g/mol. The number of benzene rings is 2. The highest BCUT2D eigenvalue weighted by molar-refractivity contribution is 8.01. The average Bonchev–Trinajstić information content (AvgIpc) is 2.79. The van der Waals surface area contributed by atoms with Crippen molar-refractivity contribution in [3.8, 4) is 5.75 Å². The fraction of sp³-hybridized carbons (Fsp3) is 0.391. The van der Waals surface area contributed by atoms with Gasteiger partial charge in [0.1, 0.15) is 5.75 Å². The van der Waals surface area contributed by atoms with Gasteiger partial charge in [-0.3, -0.25) is 14.3 Å². The second-order valence-corrected chi connectivity index (χ2v) is 11.0. The van der Waals surface area contributed by atoms with Crippen molar-refractivity contribution in [3.05, 3.63) is 42.5 Å². The van der Waals surface area contributed by atoms with E-state index in [1.54, 1.807) is 35.2 Å². The van der Waals surface area contributed by atoms with Crippen molar-refractivity contribution in [2.24, 2.45) is 5.92 Å². The molecule has 176 valence electrons. The van der Waals surface area contributed by atoms with E-state index in [1.807, 2.05) is 6.92 Å². The normalized spacial score (nSPS) is 18.9. The van der Waals surface area contributed by atoms with Gasteiger partial charge in [0.2, 0.25) is 11.8 Å². The number of nitrogens with zero attached hydrogens (tertiary/aromatic N) is 1. The minimum atomic E-state index is -3.92. The summed E-state index contributed by atoms with van der Waals surface area (Å²) in [6.07, 6.45) is 1.87. The molecule has 2 aliphatic heterocycles. The topological polar surface area (TPSA) is 105 Å². The summed E-state index contributed by atoms with van der Waals surface area (Å²) in [6.45, 7) is 5.69. The van der Waals surface area contributed by atoms with Crippen LogP contribution in [0.25, 0.3) is 0 Å². The van der Waals surface area contributed by atoms with Crippen LogP contribution in [-0.4, -0.2) is 50.1 Å². The molecule has 8 nitrogen and oxygen atoms in total. The number of fused-ring (bicyclic) bond motifs is 1. The summed E-state index contributed by atoms with van der Waals surface area (Å²) in [5.74, 6) is 0.386. The van der Waals surface area contributed by atoms with Crippen LogP contribution in [0.15, 0.2) is 52.3 Å². The van der Waals surface area contributed by atoms with E-state index in [4.69, 9.17) is 4.74 Å². The maximum absolute atomic E-state index is 13.0. The van der Waals surface area contributed by atoms with Crippen LogP contribution in [-0.2, 0) is 19.6 Å².